The molecule has 3 nitrogen and oxygen atoms in total. The molecule has 0 aliphatic rings. The molecule has 0 aliphatic heterocycles. The Morgan fingerprint density at radius 3 is 1.49 bits per heavy atom. The van der Waals surface area contributed by atoms with Gasteiger partial charge in [-0.25, -0.2) is 9.97 Å². The predicted octanol–water partition coefficient (Wildman–Crippen LogP) is 16.6. The van der Waals surface area contributed by atoms with Gasteiger partial charge in [0.05, 0.1) is 22.4 Å². The van der Waals surface area contributed by atoms with Crippen molar-refractivity contribution in [3.8, 4) is 50.7 Å². The zero-order chi connectivity index (χ0) is 42.6. The molecule has 14 aromatic rings. The second kappa shape index (κ2) is 13.9. The minimum Gasteiger partial charge on any atom is -0.309 e. The number of para-hydroxylation sites is 2. The number of rotatable bonds is 5. The van der Waals surface area contributed by atoms with Gasteiger partial charge >= 0.3 is 0 Å². The topological polar surface area (TPSA) is 30.7 Å². The van der Waals surface area contributed by atoms with Crippen molar-refractivity contribution in [1.82, 2.24) is 14.5 Å². The minimum atomic E-state index is 0.674. The number of fused-ring (bicyclic) bond motifs is 9. The molecule has 0 atom stereocenters. The monoisotopic (exact) mass is 823 g/mol. The quantitative estimate of drug-likeness (QED) is 0.162. The summed E-state index contributed by atoms with van der Waals surface area (Å²) in [7, 11) is 0. The van der Waals surface area contributed by atoms with Gasteiger partial charge in [0.2, 0.25) is 0 Å². The van der Waals surface area contributed by atoms with Crippen LogP contribution in [-0.4, -0.2) is 14.5 Å². The van der Waals surface area contributed by atoms with Gasteiger partial charge in [0.25, 0.3) is 0 Å². The van der Waals surface area contributed by atoms with Gasteiger partial charge in [-0.2, -0.15) is 0 Å². The first kappa shape index (κ1) is 35.9. The third kappa shape index (κ3) is 5.49. The standard InChI is InChI=1S/C62H37N3/c1-2-13-38(14-3-1)56-37-57(51-31-27-41-26-25-39-15-12-16-40-28-32-54(51)61(41)60(39)40)64-62(63-56)44-33-43(34-45(35-44)65-58-23-10-8-21-52(58)53-22-9-11-24-59(53)65)42-29-30-50-48-19-5-4-17-46(48)47-18-6-7-20-49(47)55(50)36-42/h1-37H. The smallest absolute Gasteiger partial charge is 0.160 e. The third-order valence-corrected chi connectivity index (χ3v) is 13.7. The van der Waals surface area contributed by atoms with Crippen LogP contribution in [0.2, 0.25) is 0 Å². The highest BCUT2D eigenvalue weighted by Gasteiger charge is 2.20. The molecule has 3 heteroatoms. The molecule has 300 valence electrons. The highest BCUT2D eigenvalue weighted by Crippen LogP contribution is 2.42. The van der Waals surface area contributed by atoms with E-state index in [0.717, 1.165) is 55.9 Å². The van der Waals surface area contributed by atoms with Crippen LogP contribution in [0.5, 0.6) is 0 Å². The van der Waals surface area contributed by atoms with E-state index in [0.29, 0.717) is 5.82 Å². The van der Waals surface area contributed by atoms with Gasteiger partial charge < -0.3 is 4.57 Å². The van der Waals surface area contributed by atoms with E-state index in [1.807, 2.05) is 0 Å². The minimum absolute atomic E-state index is 0.674. The number of aromatic nitrogens is 3. The van der Waals surface area contributed by atoms with Crippen molar-refractivity contribution in [3.05, 3.63) is 224 Å². The van der Waals surface area contributed by atoms with Gasteiger partial charge in [0.15, 0.2) is 5.82 Å². The van der Waals surface area contributed by atoms with Crippen LogP contribution in [0, 0.1) is 0 Å². The molecule has 0 unspecified atom stereocenters. The lowest BCUT2D eigenvalue weighted by Gasteiger charge is -2.17. The van der Waals surface area contributed by atoms with E-state index in [1.54, 1.807) is 0 Å². The second-order valence-corrected chi connectivity index (χ2v) is 17.3. The maximum absolute atomic E-state index is 5.57. The van der Waals surface area contributed by atoms with Crippen molar-refractivity contribution in [1.29, 1.82) is 0 Å². The normalized spacial score (nSPS) is 12.0. The van der Waals surface area contributed by atoms with Crippen molar-refractivity contribution in [2.24, 2.45) is 0 Å². The SMILES string of the molecule is c1ccc(-c2cc(-c3ccc4ccc5cccc6ccc3c4c56)nc(-c3cc(-c4ccc5c6ccccc6c6ccccc6c5c4)cc(-n4c5ccccc5c5ccccc54)c3)n2)cc1. The average Bonchev–Trinajstić information content (AvgIpc) is 3.72. The first-order chi connectivity index (χ1) is 32.2. The second-order valence-electron chi connectivity index (χ2n) is 17.3. The van der Waals surface area contributed by atoms with Crippen molar-refractivity contribution in [3.63, 3.8) is 0 Å². The molecule has 12 aromatic carbocycles. The molecule has 0 bridgehead atoms. The lowest BCUT2D eigenvalue weighted by molar-refractivity contribution is 1.16. The van der Waals surface area contributed by atoms with Crippen LogP contribution in [0.1, 0.15) is 0 Å². The Bertz CT molecular complexity index is 4130. The summed E-state index contributed by atoms with van der Waals surface area (Å²) in [5.41, 5.74) is 10.4. The molecule has 14 rings (SSSR count). The first-order valence-corrected chi connectivity index (χ1v) is 22.3. The third-order valence-electron chi connectivity index (χ3n) is 13.7. The van der Waals surface area contributed by atoms with Gasteiger partial charge in [-0.1, -0.05) is 182 Å². The van der Waals surface area contributed by atoms with Crippen molar-refractivity contribution < 1.29 is 0 Å². The molecule has 0 fully saturated rings. The molecular weight excluding hydrogens is 787 g/mol. The fourth-order valence-corrected chi connectivity index (χ4v) is 10.8. The average molecular weight is 824 g/mol. The van der Waals surface area contributed by atoms with E-state index in [4.69, 9.17) is 9.97 Å². The summed E-state index contributed by atoms with van der Waals surface area (Å²) in [4.78, 5) is 11.0. The Labute approximate surface area is 374 Å². The van der Waals surface area contributed by atoms with Gasteiger partial charge in [0, 0.05) is 33.2 Å². The Morgan fingerprint density at radius 2 is 0.800 bits per heavy atom. The van der Waals surface area contributed by atoms with Crippen LogP contribution in [0.3, 0.4) is 0 Å². The van der Waals surface area contributed by atoms with Crippen LogP contribution in [0.15, 0.2) is 224 Å². The number of nitrogens with zero attached hydrogens (tertiary/aromatic N) is 3. The summed E-state index contributed by atoms with van der Waals surface area (Å²) in [6.07, 6.45) is 0. The zero-order valence-corrected chi connectivity index (χ0v) is 35.2. The van der Waals surface area contributed by atoms with E-state index in [-0.39, 0.29) is 0 Å². The lowest BCUT2D eigenvalue weighted by atomic mass is 9.91. The van der Waals surface area contributed by atoms with Crippen molar-refractivity contribution >= 4 is 86.4 Å². The summed E-state index contributed by atoms with van der Waals surface area (Å²) < 4.78 is 2.41. The molecular formula is C62H37N3. The predicted molar refractivity (Wildman–Crippen MR) is 274 cm³/mol. The van der Waals surface area contributed by atoms with Gasteiger partial charge in [-0.05, 0) is 118 Å². The molecule has 0 saturated heterocycles. The summed E-state index contributed by atoms with van der Waals surface area (Å²) in [6.45, 7) is 0. The maximum Gasteiger partial charge on any atom is 0.160 e. The van der Waals surface area contributed by atoms with E-state index in [1.165, 1.54) is 75.4 Å². The largest absolute Gasteiger partial charge is 0.309 e. The van der Waals surface area contributed by atoms with Crippen LogP contribution in [0.4, 0.5) is 0 Å². The Kier molecular flexibility index (Phi) is 7.69. The number of benzene rings is 12. The van der Waals surface area contributed by atoms with E-state index < -0.39 is 0 Å². The van der Waals surface area contributed by atoms with Crippen LogP contribution in [-0.2, 0) is 0 Å². The molecule has 0 amide bonds. The fraction of sp³-hybridized carbons (Fsp3) is 0. The van der Waals surface area contributed by atoms with Crippen molar-refractivity contribution in [2.75, 3.05) is 0 Å². The van der Waals surface area contributed by atoms with Crippen LogP contribution < -0.4 is 0 Å². The number of hydrogen-bond acceptors (Lipinski definition) is 2. The molecule has 65 heavy (non-hydrogen) atoms. The highest BCUT2D eigenvalue weighted by atomic mass is 15.0. The maximum atomic E-state index is 5.57. The molecule has 0 spiro atoms. The summed E-state index contributed by atoms with van der Waals surface area (Å²) in [5, 5.41) is 17.4. The van der Waals surface area contributed by atoms with Gasteiger partial charge in [-0.15, -0.1) is 0 Å². The fourth-order valence-electron chi connectivity index (χ4n) is 10.8. The molecule has 0 aliphatic carbocycles. The summed E-state index contributed by atoms with van der Waals surface area (Å²) in [6, 6.07) is 81.7. The zero-order valence-electron chi connectivity index (χ0n) is 35.2. The van der Waals surface area contributed by atoms with E-state index >= 15 is 0 Å². The van der Waals surface area contributed by atoms with Crippen LogP contribution in [0.25, 0.3) is 137 Å². The summed E-state index contributed by atoms with van der Waals surface area (Å²) >= 11 is 0. The Hall–Kier alpha value is -8.66. The van der Waals surface area contributed by atoms with E-state index in [9.17, 15) is 0 Å². The van der Waals surface area contributed by atoms with Gasteiger partial charge in [0.1, 0.15) is 0 Å². The first-order valence-electron chi connectivity index (χ1n) is 22.3. The molecule has 2 heterocycles. The lowest BCUT2D eigenvalue weighted by Crippen LogP contribution is -2.00. The van der Waals surface area contributed by atoms with E-state index in [2.05, 4.69) is 229 Å². The van der Waals surface area contributed by atoms with Gasteiger partial charge in [-0.3, -0.25) is 0 Å². The van der Waals surface area contributed by atoms with Crippen molar-refractivity contribution in [2.45, 2.75) is 0 Å². The molecule has 0 N–H and O–H groups in total. The van der Waals surface area contributed by atoms with Crippen LogP contribution >= 0.6 is 0 Å². The Balaban J connectivity index is 1.06. The molecule has 2 aromatic heterocycles. The highest BCUT2D eigenvalue weighted by molar-refractivity contribution is 6.27. The number of hydrogen-bond donors (Lipinski definition) is 0. The summed E-state index contributed by atoms with van der Waals surface area (Å²) in [5.74, 6) is 0.674. The molecule has 0 saturated carbocycles. The Morgan fingerprint density at radius 1 is 0.277 bits per heavy atom. The molecule has 0 radical (unpaired) electrons.